The van der Waals surface area contributed by atoms with Crippen LogP contribution in [0.15, 0.2) is 0 Å². The SMILES string of the molecule is COCCN(C)[SH](=O)=O. The average molecular weight is 153 g/mol. The quantitative estimate of drug-likeness (QED) is 0.532. The van der Waals surface area contributed by atoms with Gasteiger partial charge in [-0.25, -0.2) is 12.7 Å². The van der Waals surface area contributed by atoms with Crippen molar-refractivity contribution in [3.8, 4) is 0 Å². The molecule has 0 rings (SSSR count). The summed E-state index contributed by atoms with van der Waals surface area (Å²) in [7, 11) is 0.618. The molecule has 0 bridgehead atoms. The first-order valence-electron chi connectivity index (χ1n) is 2.53. The molecule has 56 valence electrons. The lowest BCUT2D eigenvalue weighted by Crippen LogP contribution is -2.20. The summed E-state index contributed by atoms with van der Waals surface area (Å²) in [6.45, 7) is 0.870. The van der Waals surface area contributed by atoms with Gasteiger partial charge in [0.2, 0.25) is 10.9 Å². The molecule has 0 fully saturated rings. The van der Waals surface area contributed by atoms with Crippen molar-refractivity contribution in [3.05, 3.63) is 0 Å². The van der Waals surface area contributed by atoms with Gasteiger partial charge in [0.05, 0.1) is 6.61 Å². The molecule has 0 aromatic carbocycles. The smallest absolute Gasteiger partial charge is 0.203 e. The molecule has 0 saturated heterocycles. The van der Waals surface area contributed by atoms with E-state index in [1.165, 1.54) is 18.5 Å². The number of thiol groups is 1. The molecule has 5 heteroatoms. The normalized spacial score (nSPS) is 11.1. The van der Waals surface area contributed by atoms with Gasteiger partial charge in [0.1, 0.15) is 0 Å². The van der Waals surface area contributed by atoms with Crippen molar-refractivity contribution in [2.45, 2.75) is 0 Å². The Hall–Kier alpha value is -0.130. The van der Waals surface area contributed by atoms with E-state index in [1.54, 1.807) is 0 Å². The van der Waals surface area contributed by atoms with Gasteiger partial charge in [0, 0.05) is 20.7 Å². The number of hydrogen-bond donors (Lipinski definition) is 1. The van der Waals surface area contributed by atoms with E-state index >= 15 is 0 Å². The Morgan fingerprint density at radius 2 is 2.11 bits per heavy atom. The number of rotatable bonds is 4. The van der Waals surface area contributed by atoms with Crippen LogP contribution in [0.4, 0.5) is 0 Å². The first kappa shape index (κ1) is 8.87. The first-order valence-corrected chi connectivity index (χ1v) is 3.66. The van der Waals surface area contributed by atoms with E-state index in [1.807, 2.05) is 0 Å². The minimum Gasteiger partial charge on any atom is -0.383 e. The van der Waals surface area contributed by atoms with Gasteiger partial charge in [0.15, 0.2) is 0 Å². The van der Waals surface area contributed by atoms with Gasteiger partial charge < -0.3 is 4.74 Å². The van der Waals surface area contributed by atoms with Crippen LogP contribution in [0.25, 0.3) is 0 Å². The van der Waals surface area contributed by atoms with Gasteiger partial charge in [-0.05, 0) is 0 Å². The van der Waals surface area contributed by atoms with E-state index in [4.69, 9.17) is 0 Å². The molecule has 0 radical (unpaired) electrons. The van der Waals surface area contributed by atoms with Crippen molar-refractivity contribution in [1.82, 2.24) is 4.31 Å². The first-order chi connectivity index (χ1) is 4.18. The van der Waals surface area contributed by atoms with Gasteiger partial charge in [0.25, 0.3) is 0 Å². The summed E-state index contributed by atoms with van der Waals surface area (Å²) in [6.07, 6.45) is 0. The molecule has 0 aliphatic rings. The Bertz CT molecular complexity index is 126. The highest BCUT2D eigenvalue weighted by Gasteiger charge is 1.95. The van der Waals surface area contributed by atoms with E-state index < -0.39 is 10.9 Å². The summed E-state index contributed by atoms with van der Waals surface area (Å²) in [4.78, 5) is 0. The lowest BCUT2D eigenvalue weighted by atomic mass is 10.7. The van der Waals surface area contributed by atoms with Crippen molar-refractivity contribution < 1.29 is 13.2 Å². The predicted octanol–water partition coefficient (Wildman–Crippen LogP) is -0.909. The molecule has 4 nitrogen and oxygen atoms in total. The largest absolute Gasteiger partial charge is 0.383 e. The topological polar surface area (TPSA) is 46.6 Å². The lowest BCUT2D eigenvalue weighted by Gasteiger charge is -2.05. The van der Waals surface area contributed by atoms with Crippen LogP contribution in [-0.2, 0) is 15.6 Å². The van der Waals surface area contributed by atoms with Crippen LogP contribution in [-0.4, -0.2) is 40.0 Å². The molecule has 0 saturated carbocycles. The summed E-state index contributed by atoms with van der Waals surface area (Å²) >= 11 is 0. The number of methoxy groups -OCH3 is 1. The predicted molar refractivity (Wildman–Crippen MR) is 34.8 cm³/mol. The molecular weight excluding hydrogens is 142 g/mol. The minimum atomic E-state index is -2.42. The van der Waals surface area contributed by atoms with E-state index in [-0.39, 0.29) is 0 Å². The second kappa shape index (κ2) is 4.72. The summed E-state index contributed by atoms with van der Waals surface area (Å²) in [5, 5.41) is 0. The molecular formula is C4H11NO3S. The second-order valence-corrected chi connectivity index (χ2v) is 2.77. The molecule has 0 atom stereocenters. The molecule has 0 aliphatic heterocycles. The molecule has 0 N–H and O–H groups in total. The van der Waals surface area contributed by atoms with Gasteiger partial charge in [-0.2, -0.15) is 0 Å². The molecule has 0 unspecified atom stereocenters. The van der Waals surface area contributed by atoms with Crippen LogP contribution >= 0.6 is 0 Å². The van der Waals surface area contributed by atoms with Crippen molar-refractivity contribution in [2.24, 2.45) is 0 Å². The van der Waals surface area contributed by atoms with Crippen molar-refractivity contribution in [2.75, 3.05) is 27.3 Å². The zero-order valence-corrected chi connectivity index (χ0v) is 6.43. The van der Waals surface area contributed by atoms with E-state index in [0.717, 1.165) is 0 Å². The molecule has 0 aliphatic carbocycles. The number of ether oxygens (including phenoxy) is 1. The molecule has 0 spiro atoms. The molecule has 9 heavy (non-hydrogen) atoms. The molecule has 0 amide bonds. The van der Waals surface area contributed by atoms with Crippen LogP contribution in [0.2, 0.25) is 0 Å². The van der Waals surface area contributed by atoms with Crippen LogP contribution in [0, 0.1) is 0 Å². The molecule has 0 aromatic rings. The third kappa shape index (κ3) is 4.38. The zero-order valence-electron chi connectivity index (χ0n) is 5.53. The Morgan fingerprint density at radius 3 is 2.44 bits per heavy atom. The number of nitrogens with zero attached hydrogens (tertiary/aromatic N) is 1. The summed E-state index contributed by atoms with van der Waals surface area (Å²) in [6, 6.07) is 0. The van der Waals surface area contributed by atoms with E-state index in [2.05, 4.69) is 4.74 Å². The highest BCUT2D eigenvalue weighted by Crippen LogP contribution is 1.79. The van der Waals surface area contributed by atoms with Gasteiger partial charge in [-0.15, -0.1) is 0 Å². The summed E-state index contributed by atoms with van der Waals surface area (Å²) in [5.74, 6) is 0. The maximum absolute atomic E-state index is 10.1. The maximum atomic E-state index is 10.1. The fourth-order valence-corrected chi connectivity index (χ4v) is 0.550. The Labute approximate surface area is 56.5 Å². The highest BCUT2D eigenvalue weighted by molar-refractivity contribution is 7.69. The third-order valence-electron chi connectivity index (χ3n) is 0.898. The Balaban J connectivity index is 3.38. The monoisotopic (exact) mass is 153 g/mol. The Kier molecular flexibility index (Phi) is 4.65. The van der Waals surface area contributed by atoms with Crippen LogP contribution in [0.1, 0.15) is 0 Å². The van der Waals surface area contributed by atoms with Crippen molar-refractivity contribution >= 4 is 10.9 Å². The molecule has 0 heterocycles. The van der Waals surface area contributed by atoms with Crippen molar-refractivity contribution in [3.63, 3.8) is 0 Å². The van der Waals surface area contributed by atoms with Crippen molar-refractivity contribution in [1.29, 1.82) is 0 Å². The van der Waals surface area contributed by atoms with Crippen LogP contribution in [0.5, 0.6) is 0 Å². The fraction of sp³-hybridized carbons (Fsp3) is 1.00. The standard InChI is InChI=1S/C4H11NO3S/c1-5(9(6)7)3-4-8-2/h9H,3-4H2,1-2H3. The van der Waals surface area contributed by atoms with Crippen LogP contribution in [0.3, 0.4) is 0 Å². The summed E-state index contributed by atoms with van der Waals surface area (Å²) < 4.78 is 26.1. The van der Waals surface area contributed by atoms with Gasteiger partial charge >= 0.3 is 0 Å². The third-order valence-corrected chi connectivity index (χ3v) is 1.66. The van der Waals surface area contributed by atoms with E-state index in [9.17, 15) is 8.42 Å². The van der Waals surface area contributed by atoms with Gasteiger partial charge in [-0.3, -0.25) is 0 Å². The fourth-order valence-electron chi connectivity index (χ4n) is 0.305. The Morgan fingerprint density at radius 1 is 1.56 bits per heavy atom. The zero-order chi connectivity index (χ0) is 7.28. The molecule has 0 aromatic heterocycles. The maximum Gasteiger partial charge on any atom is 0.203 e. The highest BCUT2D eigenvalue weighted by atomic mass is 32.2. The van der Waals surface area contributed by atoms with Gasteiger partial charge in [-0.1, -0.05) is 0 Å². The van der Waals surface area contributed by atoms with E-state index in [0.29, 0.717) is 13.2 Å². The number of likely N-dealkylation sites (N-methyl/N-ethyl adjacent to an activating group) is 1. The minimum absolute atomic E-state index is 0.426. The summed E-state index contributed by atoms with van der Waals surface area (Å²) in [5.41, 5.74) is 0. The second-order valence-electron chi connectivity index (χ2n) is 1.61. The van der Waals surface area contributed by atoms with Crippen LogP contribution < -0.4 is 0 Å². The lowest BCUT2D eigenvalue weighted by molar-refractivity contribution is 0.186. The average Bonchev–Trinajstić information content (AvgIpc) is 1.82. The number of hydrogen-bond acceptors (Lipinski definition) is 3.